The fourth-order valence-corrected chi connectivity index (χ4v) is 1.45. The number of hydrogen-bond acceptors (Lipinski definition) is 5. The van der Waals surface area contributed by atoms with Gasteiger partial charge in [-0.25, -0.2) is 4.79 Å². The van der Waals surface area contributed by atoms with Crippen LogP contribution in [0.5, 0.6) is 0 Å². The standard InChI is InChI=1S/C8H14N2O4S2/c1-10(2)8(15)16-4-6(12)9-5(3-11)7(13)14/h5,11H,3-4H2,1-2H3,(H,9,12)(H,13,14)/t5-/m1/s1. The number of aliphatic hydroxyl groups excluding tert-OH is 1. The molecule has 0 radical (unpaired) electrons. The van der Waals surface area contributed by atoms with E-state index in [0.29, 0.717) is 4.32 Å². The number of amides is 1. The Labute approximate surface area is 103 Å². The molecule has 0 saturated carbocycles. The number of carboxylic acids is 1. The summed E-state index contributed by atoms with van der Waals surface area (Å²) >= 11 is 6.06. The van der Waals surface area contributed by atoms with Crippen LogP contribution < -0.4 is 5.32 Å². The minimum absolute atomic E-state index is 0.0286. The zero-order valence-corrected chi connectivity index (χ0v) is 10.6. The van der Waals surface area contributed by atoms with Crippen LogP contribution in [0.4, 0.5) is 0 Å². The van der Waals surface area contributed by atoms with Crippen molar-refractivity contribution in [1.82, 2.24) is 10.2 Å². The van der Waals surface area contributed by atoms with Gasteiger partial charge in [0, 0.05) is 14.1 Å². The van der Waals surface area contributed by atoms with E-state index in [1.54, 1.807) is 19.0 Å². The molecular weight excluding hydrogens is 252 g/mol. The summed E-state index contributed by atoms with van der Waals surface area (Å²) in [5, 5.41) is 19.4. The number of rotatable bonds is 5. The maximum atomic E-state index is 11.3. The van der Waals surface area contributed by atoms with E-state index in [1.807, 2.05) is 0 Å². The van der Waals surface area contributed by atoms with Gasteiger partial charge in [0.15, 0.2) is 0 Å². The Hall–Kier alpha value is -0.860. The second-order valence-electron chi connectivity index (χ2n) is 3.09. The van der Waals surface area contributed by atoms with E-state index in [-0.39, 0.29) is 5.75 Å². The Morgan fingerprint density at radius 2 is 2.06 bits per heavy atom. The normalized spacial score (nSPS) is 11.7. The van der Waals surface area contributed by atoms with Gasteiger partial charge in [-0.1, -0.05) is 24.0 Å². The topological polar surface area (TPSA) is 89.9 Å². The smallest absolute Gasteiger partial charge is 0.328 e. The summed E-state index contributed by atoms with van der Waals surface area (Å²) in [6, 6.07) is -1.26. The highest BCUT2D eigenvalue weighted by molar-refractivity contribution is 8.23. The first-order valence-corrected chi connectivity index (χ1v) is 5.75. The zero-order valence-electron chi connectivity index (χ0n) is 8.97. The van der Waals surface area contributed by atoms with Crippen molar-refractivity contribution in [3.8, 4) is 0 Å². The van der Waals surface area contributed by atoms with Crippen molar-refractivity contribution in [2.24, 2.45) is 0 Å². The van der Waals surface area contributed by atoms with Crippen molar-refractivity contribution in [2.75, 3.05) is 26.5 Å². The van der Waals surface area contributed by atoms with Crippen LogP contribution in [0.25, 0.3) is 0 Å². The largest absolute Gasteiger partial charge is 0.480 e. The quantitative estimate of drug-likeness (QED) is 0.557. The summed E-state index contributed by atoms with van der Waals surface area (Å²) < 4.78 is 0.533. The van der Waals surface area contributed by atoms with Gasteiger partial charge in [-0.2, -0.15) is 0 Å². The predicted octanol–water partition coefficient (Wildman–Crippen LogP) is -0.872. The highest BCUT2D eigenvalue weighted by Gasteiger charge is 2.18. The molecule has 0 heterocycles. The molecule has 0 unspecified atom stereocenters. The molecule has 1 amide bonds. The number of carboxylic acid groups (broad SMARTS) is 1. The number of aliphatic hydroxyl groups is 1. The predicted molar refractivity (Wildman–Crippen MR) is 65.4 cm³/mol. The SMILES string of the molecule is CN(C)C(=S)SCC(=O)N[C@H](CO)C(=O)O. The molecule has 6 nitrogen and oxygen atoms in total. The minimum atomic E-state index is -1.27. The van der Waals surface area contributed by atoms with Gasteiger partial charge in [-0.15, -0.1) is 0 Å². The van der Waals surface area contributed by atoms with E-state index in [0.717, 1.165) is 11.8 Å². The summed E-state index contributed by atoms with van der Waals surface area (Å²) in [4.78, 5) is 23.4. The number of thioether (sulfide) groups is 1. The number of thiocarbonyl (C=S) groups is 1. The van der Waals surface area contributed by atoms with Crippen LogP contribution in [0, 0.1) is 0 Å². The molecule has 1 atom stereocenters. The average molecular weight is 266 g/mol. The van der Waals surface area contributed by atoms with Crippen molar-refractivity contribution in [3.05, 3.63) is 0 Å². The van der Waals surface area contributed by atoms with E-state index in [9.17, 15) is 9.59 Å². The molecular formula is C8H14N2O4S2. The Balaban J connectivity index is 3.99. The lowest BCUT2D eigenvalue weighted by atomic mass is 10.3. The lowest BCUT2D eigenvalue weighted by Gasteiger charge is -2.14. The summed E-state index contributed by atoms with van der Waals surface area (Å²) in [5.74, 6) is -1.72. The highest BCUT2D eigenvalue weighted by atomic mass is 32.2. The van der Waals surface area contributed by atoms with Crippen molar-refractivity contribution in [2.45, 2.75) is 6.04 Å². The van der Waals surface area contributed by atoms with Gasteiger partial charge < -0.3 is 20.4 Å². The van der Waals surface area contributed by atoms with Crippen LogP contribution in [0.15, 0.2) is 0 Å². The van der Waals surface area contributed by atoms with Gasteiger partial charge in [0.25, 0.3) is 0 Å². The Morgan fingerprint density at radius 3 is 2.44 bits per heavy atom. The molecule has 0 fully saturated rings. The summed E-state index contributed by atoms with van der Waals surface area (Å²) in [7, 11) is 3.50. The molecule has 0 saturated heterocycles. The maximum Gasteiger partial charge on any atom is 0.328 e. The lowest BCUT2D eigenvalue weighted by Crippen LogP contribution is -2.44. The van der Waals surface area contributed by atoms with E-state index < -0.39 is 24.5 Å². The van der Waals surface area contributed by atoms with E-state index in [1.165, 1.54) is 0 Å². The van der Waals surface area contributed by atoms with Crippen LogP contribution in [-0.2, 0) is 9.59 Å². The average Bonchev–Trinajstić information content (AvgIpc) is 2.21. The third kappa shape index (κ3) is 5.89. The van der Waals surface area contributed by atoms with Crippen molar-refractivity contribution in [3.63, 3.8) is 0 Å². The van der Waals surface area contributed by atoms with Crippen LogP contribution in [0.3, 0.4) is 0 Å². The first kappa shape index (κ1) is 15.1. The molecule has 3 N–H and O–H groups in total. The van der Waals surface area contributed by atoms with E-state index in [2.05, 4.69) is 5.32 Å². The molecule has 92 valence electrons. The minimum Gasteiger partial charge on any atom is -0.480 e. The molecule has 0 aromatic heterocycles. The highest BCUT2D eigenvalue weighted by Crippen LogP contribution is 2.05. The van der Waals surface area contributed by atoms with Crippen molar-refractivity contribution in [1.29, 1.82) is 0 Å². The monoisotopic (exact) mass is 266 g/mol. The molecule has 0 bridgehead atoms. The molecule has 16 heavy (non-hydrogen) atoms. The third-order valence-corrected chi connectivity index (χ3v) is 3.25. The first-order chi connectivity index (χ1) is 7.38. The number of hydrogen-bond donors (Lipinski definition) is 3. The van der Waals surface area contributed by atoms with Gasteiger partial charge >= 0.3 is 5.97 Å². The molecule has 0 aliphatic carbocycles. The number of aliphatic carboxylic acids is 1. The molecule has 0 aliphatic heterocycles. The van der Waals surface area contributed by atoms with Gasteiger partial charge in [-0.05, 0) is 0 Å². The number of nitrogens with zero attached hydrogens (tertiary/aromatic N) is 1. The molecule has 0 spiro atoms. The Kier molecular flexibility index (Phi) is 7.02. The number of carbonyl (C=O) groups is 2. The summed E-state index contributed by atoms with van der Waals surface area (Å²) in [5.41, 5.74) is 0. The number of nitrogens with one attached hydrogen (secondary N) is 1. The Bertz CT molecular complexity index is 283. The van der Waals surface area contributed by atoms with Crippen LogP contribution in [-0.4, -0.2) is 63.8 Å². The maximum absolute atomic E-state index is 11.3. The van der Waals surface area contributed by atoms with Crippen LogP contribution >= 0.6 is 24.0 Å². The summed E-state index contributed by atoms with van der Waals surface area (Å²) in [6.45, 7) is -0.635. The molecule has 0 rings (SSSR count). The third-order valence-electron chi connectivity index (χ3n) is 1.51. The van der Waals surface area contributed by atoms with Crippen molar-refractivity contribution < 1.29 is 19.8 Å². The zero-order chi connectivity index (χ0) is 12.7. The fourth-order valence-electron chi connectivity index (χ4n) is 0.678. The van der Waals surface area contributed by atoms with E-state index in [4.69, 9.17) is 22.4 Å². The first-order valence-electron chi connectivity index (χ1n) is 4.35. The van der Waals surface area contributed by atoms with Crippen molar-refractivity contribution >= 4 is 40.2 Å². The van der Waals surface area contributed by atoms with Gasteiger partial charge in [0.05, 0.1) is 12.4 Å². The van der Waals surface area contributed by atoms with Gasteiger partial charge in [-0.3, -0.25) is 4.79 Å². The second kappa shape index (κ2) is 7.42. The fraction of sp³-hybridized carbons (Fsp3) is 0.625. The number of carbonyl (C=O) groups excluding carboxylic acids is 1. The second-order valence-corrected chi connectivity index (χ2v) is 4.70. The molecule has 0 aromatic carbocycles. The van der Waals surface area contributed by atoms with E-state index >= 15 is 0 Å². The molecule has 8 heteroatoms. The summed E-state index contributed by atoms with van der Waals surface area (Å²) in [6.07, 6.45) is 0. The Morgan fingerprint density at radius 1 is 1.50 bits per heavy atom. The van der Waals surface area contributed by atoms with Crippen LogP contribution in [0.2, 0.25) is 0 Å². The molecule has 0 aliphatic rings. The van der Waals surface area contributed by atoms with Gasteiger partial charge in [0.1, 0.15) is 10.4 Å². The van der Waals surface area contributed by atoms with Gasteiger partial charge in [0.2, 0.25) is 5.91 Å². The van der Waals surface area contributed by atoms with Crippen LogP contribution in [0.1, 0.15) is 0 Å². The lowest BCUT2D eigenvalue weighted by molar-refractivity contribution is -0.142. The molecule has 0 aromatic rings.